The van der Waals surface area contributed by atoms with Gasteiger partial charge >= 0.3 is 6.03 Å². The van der Waals surface area contributed by atoms with Crippen LogP contribution in [0.2, 0.25) is 5.02 Å². The van der Waals surface area contributed by atoms with Crippen LogP contribution in [-0.2, 0) is 11.3 Å². The molecule has 5 rings (SSSR count). The summed E-state index contributed by atoms with van der Waals surface area (Å²) in [5.74, 6) is -0.397. The number of rotatable bonds is 4. The number of halogens is 2. The highest BCUT2D eigenvalue weighted by molar-refractivity contribution is 9.10. The third-order valence-corrected chi connectivity index (χ3v) is 6.57. The molecule has 3 aromatic carbocycles. The zero-order valence-corrected chi connectivity index (χ0v) is 20.0. The van der Waals surface area contributed by atoms with Crippen LogP contribution in [0, 0.1) is 6.92 Å². The largest absolute Gasteiger partial charge is 0.340 e. The molecule has 1 fully saturated rings. The highest BCUT2D eigenvalue weighted by Gasteiger charge is 2.35. The molecule has 1 saturated heterocycles. The van der Waals surface area contributed by atoms with Gasteiger partial charge in [-0.2, -0.15) is 0 Å². The second-order valence-electron chi connectivity index (χ2n) is 7.83. The number of para-hydroxylation sites is 1. The van der Waals surface area contributed by atoms with Crippen LogP contribution in [0.5, 0.6) is 0 Å². The van der Waals surface area contributed by atoms with Crippen LogP contribution in [-0.4, -0.2) is 16.5 Å². The monoisotopic (exact) mass is 519 g/mol. The normalized spacial score (nSPS) is 15.0. The van der Waals surface area contributed by atoms with Crippen molar-refractivity contribution >= 4 is 62.1 Å². The van der Waals surface area contributed by atoms with E-state index in [4.69, 9.17) is 11.6 Å². The minimum atomic E-state index is -0.482. The molecule has 0 unspecified atom stereocenters. The summed E-state index contributed by atoms with van der Waals surface area (Å²) in [6, 6.07) is 22.4. The maximum Gasteiger partial charge on any atom is 0.333 e. The molecule has 7 heteroatoms. The van der Waals surface area contributed by atoms with Gasteiger partial charge in [0, 0.05) is 38.2 Å². The van der Waals surface area contributed by atoms with Crippen LogP contribution >= 0.6 is 27.5 Å². The Hall–Kier alpha value is -3.35. The molecular weight excluding hydrogens is 502 g/mol. The van der Waals surface area contributed by atoms with Crippen LogP contribution in [0.4, 0.5) is 10.5 Å². The standard InChI is InChI=1S/C26H19BrClN3O2/c1-16-22(14-23-25(32)31(26(33)29-23)20-12-10-19(28)11-13-20)21-4-2-3-5-24(21)30(16)15-17-6-8-18(27)9-7-17/h2-14H,15H2,1H3,(H,29,33)/b23-14+. The molecule has 0 bridgehead atoms. The number of carbonyl (C=O) groups excluding carboxylic acids is 2. The van der Waals surface area contributed by atoms with E-state index in [1.165, 1.54) is 5.56 Å². The molecule has 0 aliphatic carbocycles. The predicted molar refractivity (Wildman–Crippen MR) is 135 cm³/mol. The maximum atomic E-state index is 13.1. The van der Waals surface area contributed by atoms with E-state index in [1.807, 2.05) is 37.3 Å². The fraction of sp³-hybridized carbons (Fsp3) is 0.0769. The van der Waals surface area contributed by atoms with Crippen LogP contribution in [0.1, 0.15) is 16.8 Å². The molecule has 1 aliphatic heterocycles. The zero-order chi connectivity index (χ0) is 23.1. The van der Waals surface area contributed by atoms with E-state index in [1.54, 1.807) is 30.3 Å². The molecule has 0 atom stereocenters. The lowest BCUT2D eigenvalue weighted by atomic mass is 10.1. The maximum absolute atomic E-state index is 13.1. The number of carbonyl (C=O) groups is 2. The average molecular weight is 521 g/mol. The number of hydrogen-bond donors (Lipinski definition) is 1. The molecule has 5 nitrogen and oxygen atoms in total. The van der Waals surface area contributed by atoms with Crippen LogP contribution in [0.15, 0.2) is 83.0 Å². The SMILES string of the molecule is Cc1c(/C=C2/NC(=O)N(c3ccc(Cl)cc3)C2=O)c2ccccc2n1Cc1ccc(Br)cc1. The summed E-state index contributed by atoms with van der Waals surface area (Å²) >= 11 is 9.43. The molecule has 0 radical (unpaired) electrons. The molecule has 1 aromatic heterocycles. The molecule has 2 heterocycles. The highest BCUT2D eigenvalue weighted by Crippen LogP contribution is 2.31. The van der Waals surface area contributed by atoms with Gasteiger partial charge in [0.15, 0.2) is 0 Å². The van der Waals surface area contributed by atoms with Gasteiger partial charge in [0.25, 0.3) is 5.91 Å². The molecule has 33 heavy (non-hydrogen) atoms. The van der Waals surface area contributed by atoms with Gasteiger partial charge in [-0.15, -0.1) is 0 Å². The quantitative estimate of drug-likeness (QED) is 0.246. The lowest BCUT2D eigenvalue weighted by Gasteiger charge is -2.11. The number of amides is 3. The Morgan fingerprint density at radius 2 is 1.67 bits per heavy atom. The first-order valence-electron chi connectivity index (χ1n) is 10.4. The summed E-state index contributed by atoms with van der Waals surface area (Å²) < 4.78 is 3.26. The second kappa shape index (κ2) is 8.54. The Morgan fingerprint density at radius 1 is 0.970 bits per heavy atom. The number of anilines is 1. The van der Waals surface area contributed by atoms with Gasteiger partial charge in [-0.3, -0.25) is 4.79 Å². The van der Waals surface area contributed by atoms with Crippen molar-refractivity contribution < 1.29 is 9.59 Å². The van der Waals surface area contributed by atoms with Gasteiger partial charge in [-0.1, -0.05) is 57.9 Å². The number of nitrogens with one attached hydrogen (secondary N) is 1. The number of fused-ring (bicyclic) bond motifs is 1. The number of benzene rings is 3. The third kappa shape index (κ3) is 3.96. The Bertz CT molecular complexity index is 1420. The van der Waals surface area contributed by atoms with Crippen molar-refractivity contribution in [2.45, 2.75) is 13.5 Å². The van der Waals surface area contributed by atoms with Crippen molar-refractivity contribution in [2.24, 2.45) is 0 Å². The minimum Gasteiger partial charge on any atom is -0.340 e. The third-order valence-electron chi connectivity index (χ3n) is 5.79. The number of urea groups is 1. The molecule has 164 valence electrons. The summed E-state index contributed by atoms with van der Waals surface area (Å²) in [6.07, 6.45) is 1.77. The van der Waals surface area contributed by atoms with E-state index < -0.39 is 11.9 Å². The summed E-state index contributed by atoms with van der Waals surface area (Å²) in [6.45, 7) is 2.73. The van der Waals surface area contributed by atoms with E-state index in [2.05, 4.69) is 44.0 Å². The Kier molecular flexibility index (Phi) is 5.56. The van der Waals surface area contributed by atoms with E-state index in [9.17, 15) is 9.59 Å². The first-order chi connectivity index (χ1) is 15.9. The van der Waals surface area contributed by atoms with Crippen molar-refractivity contribution in [3.63, 3.8) is 0 Å². The van der Waals surface area contributed by atoms with Crippen LogP contribution < -0.4 is 10.2 Å². The summed E-state index contributed by atoms with van der Waals surface area (Å²) in [5, 5.41) is 4.28. The van der Waals surface area contributed by atoms with Gasteiger partial charge < -0.3 is 9.88 Å². The van der Waals surface area contributed by atoms with E-state index in [-0.39, 0.29) is 5.70 Å². The molecule has 0 spiro atoms. The second-order valence-corrected chi connectivity index (χ2v) is 9.19. The molecular formula is C26H19BrClN3O2. The Labute approximate surface area is 204 Å². The highest BCUT2D eigenvalue weighted by atomic mass is 79.9. The lowest BCUT2D eigenvalue weighted by Crippen LogP contribution is -2.30. The van der Waals surface area contributed by atoms with Crippen molar-refractivity contribution in [3.05, 3.63) is 105 Å². The summed E-state index contributed by atoms with van der Waals surface area (Å²) in [4.78, 5) is 26.8. The van der Waals surface area contributed by atoms with Gasteiger partial charge in [-0.05, 0) is 61.0 Å². The van der Waals surface area contributed by atoms with Gasteiger partial charge in [0.2, 0.25) is 0 Å². The number of imide groups is 1. The smallest absolute Gasteiger partial charge is 0.333 e. The molecule has 4 aromatic rings. The fourth-order valence-corrected chi connectivity index (χ4v) is 4.51. The minimum absolute atomic E-state index is 0.240. The number of nitrogens with zero attached hydrogens (tertiary/aromatic N) is 2. The Morgan fingerprint density at radius 3 is 2.39 bits per heavy atom. The average Bonchev–Trinajstić information content (AvgIpc) is 3.24. The fourth-order valence-electron chi connectivity index (χ4n) is 4.12. The van der Waals surface area contributed by atoms with Crippen molar-refractivity contribution in [3.8, 4) is 0 Å². The predicted octanol–water partition coefficient (Wildman–Crippen LogP) is 6.51. The first kappa shape index (κ1) is 21.5. The van der Waals surface area contributed by atoms with E-state index in [0.29, 0.717) is 17.3 Å². The van der Waals surface area contributed by atoms with E-state index >= 15 is 0 Å². The molecule has 1 N–H and O–H groups in total. The molecule has 3 amide bonds. The lowest BCUT2D eigenvalue weighted by molar-refractivity contribution is -0.113. The Balaban J connectivity index is 1.56. The summed E-state index contributed by atoms with van der Waals surface area (Å²) in [7, 11) is 0. The van der Waals surface area contributed by atoms with Crippen molar-refractivity contribution in [2.75, 3.05) is 4.90 Å². The first-order valence-corrected chi connectivity index (χ1v) is 11.5. The number of hydrogen-bond acceptors (Lipinski definition) is 2. The van der Waals surface area contributed by atoms with E-state index in [0.717, 1.165) is 31.5 Å². The van der Waals surface area contributed by atoms with Crippen LogP contribution in [0.3, 0.4) is 0 Å². The molecule has 0 saturated carbocycles. The van der Waals surface area contributed by atoms with Gasteiger partial charge in [-0.25, -0.2) is 9.69 Å². The molecule has 1 aliphatic rings. The number of aromatic nitrogens is 1. The van der Waals surface area contributed by atoms with Crippen molar-refractivity contribution in [1.29, 1.82) is 0 Å². The topological polar surface area (TPSA) is 54.3 Å². The van der Waals surface area contributed by atoms with Crippen molar-refractivity contribution in [1.82, 2.24) is 9.88 Å². The zero-order valence-electron chi connectivity index (χ0n) is 17.7. The van der Waals surface area contributed by atoms with Gasteiger partial charge in [0.1, 0.15) is 5.70 Å². The van der Waals surface area contributed by atoms with Gasteiger partial charge in [0.05, 0.1) is 5.69 Å². The summed E-state index contributed by atoms with van der Waals surface area (Å²) in [5.41, 5.74) is 4.86. The van der Waals surface area contributed by atoms with Crippen LogP contribution in [0.25, 0.3) is 17.0 Å².